The van der Waals surface area contributed by atoms with E-state index in [1.54, 1.807) is 0 Å². The molecule has 1 aliphatic heterocycles. The van der Waals surface area contributed by atoms with Gasteiger partial charge >= 0.3 is 7.82 Å². The molecule has 0 bridgehead atoms. The molecule has 0 aliphatic carbocycles. The molecule has 18 heavy (non-hydrogen) atoms. The summed E-state index contributed by atoms with van der Waals surface area (Å²) in [5, 5.41) is 46.6. The second kappa shape index (κ2) is 5.88. The normalized spacial score (nSPS) is 39.6. The smallest absolute Gasteiger partial charge is 0.388 e. The molecule has 0 aromatic rings. The Morgan fingerprint density at radius 2 is 1.67 bits per heavy atom. The number of aliphatic hydroxyl groups is 5. The summed E-state index contributed by atoms with van der Waals surface area (Å²) in [7, 11) is -4.80. The van der Waals surface area contributed by atoms with Crippen LogP contribution in [0, 0.1) is 0 Å². The first-order valence-electron chi connectivity index (χ1n) is 4.89. The van der Waals surface area contributed by atoms with Gasteiger partial charge in [-0.05, 0) is 0 Å². The van der Waals surface area contributed by atoms with Crippen molar-refractivity contribution in [2.45, 2.75) is 36.8 Å². The van der Waals surface area contributed by atoms with E-state index in [4.69, 9.17) is 20.0 Å². The van der Waals surface area contributed by atoms with Crippen molar-refractivity contribution in [3.8, 4) is 0 Å². The van der Waals surface area contributed by atoms with Crippen LogP contribution in [0.3, 0.4) is 0 Å². The fourth-order valence-corrected chi connectivity index (χ4v) is 1.82. The van der Waals surface area contributed by atoms with E-state index in [1.165, 1.54) is 0 Å². The van der Waals surface area contributed by atoms with Gasteiger partial charge in [0.05, 0.1) is 6.61 Å². The number of hydrogen-bond acceptors (Lipinski definition) is 8. The first-order valence-corrected chi connectivity index (χ1v) is 6.42. The molecule has 6 unspecified atom stereocenters. The maximum absolute atomic E-state index is 10.4. The van der Waals surface area contributed by atoms with Crippen molar-refractivity contribution in [1.29, 1.82) is 0 Å². The van der Waals surface area contributed by atoms with Crippen LogP contribution in [-0.2, 0) is 13.8 Å². The molecule has 0 aromatic heterocycles. The van der Waals surface area contributed by atoms with Crippen LogP contribution in [-0.4, -0.2) is 78.7 Å². The summed E-state index contributed by atoms with van der Waals surface area (Å²) in [5.41, 5.74) is 0. The summed E-state index contributed by atoms with van der Waals surface area (Å²) >= 11 is 0. The third kappa shape index (κ3) is 3.93. The summed E-state index contributed by atoms with van der Waals surface area (Å²) in [6.07, 6.45) is -10.4. The molecule has 11 heteroatoms. The number of ether oxygens (including phenoxy) is 1. The molecule has 0 aromatic carbocycles. The highest BCUT2D eigenvalue weighted by Crippen LogP contribution is 2.36. The number of rotatable bonds is 4. The summed E-state index contributed by atoms with van der Waals surface area (Å²) in [5.74, 6) is 0. The van der Waals surface area contributed by atoms with Crippen molar-refractivity contribution in [2.24, 2.45) is 0 Å². The van der Waals surface area contributed by atoms with Gasteiger partial charge in [-0.3, -0.25) is 4.52 Å². The molecule has 1 heterocycles. The lowest BCUT2D eigenvalue weighted by molar-refractivity contribution is -0.298. The number of aliphatic hydroxyl groups excluding tert-OH is 5. The Morgan fingerprint density at radius 1 is 1.11 bits per heavy atom. The lowest BCUT2D eigenvalue weighted by Gasteiger charge is -2.40. The van der Waals surface area contributed by atoms with Crippen molar-refractivity contribution in [3.63, 3.8) is 0 Å². The highest BCUT2D eigenvalue weighted by atomic mass is 31.2. The highest BCUT2D eigenvalue weighted by Gasteiger charge is 2.46. The van der Waals surface area contributed by atoms with Crippen LogP contribution in [0.25, 0.3) is 0 Å². The second-order valence-corrected chi connectivity index (χ2v) is 5.06. The standard InChI is InChI=1S/C7H15O10P/c8-2(1-16-18(13,14)15)6-4(10)3(9)5(11)7(12)17-6/h2-12H,1H2,(H2,13,14,15). The Hall–Kier alpha value is -0.130. The number of hydrogen-bond donors (Lipinski definition) is 7. The third-order valence-electron chi connectivity index (χ3n) is 2.42. The molecule has 0 spiro atoms. The average molecular weight is 290 g/mol. The molecule has 6 atom stereocenters. The van der Waals surface area contributed by atoms with Gasteiger partial charge in [-0.2, -0.15) is 0 Å². The van der Waals surface area contributed by atoms with Gasteiger partial charge < -0.3 is 40.1 Å². The van der Waals surface area contributed by atoms with Crippen LogP contribution in [0.2, 0.25) is 0 Å². The van der Waals surface area contributed by atoms with Crippen molar-refractivity contribution in [3.05, 3.63) is 0 Å². The Balaban J connectivity index is 2.62. The van der Waals surface area contributed by atoms with E-state index in [0.717, 1.165) is 0 Å². The first-order chi connectivity index (χ1) is 8.13. The van der Waals surface area contributed by atoms with E-state index in [-0.39, 0.29) is 0 Å². The van der Waals surface area contributed by atoms with E-state index < -0.39 is 51.2 Å². The summed E-state index contributed by atoms with van der Waals surface area (Å²) in [4.78, 5) is 16.8. The van der Waals surface area contributed by atoms with Crippen LogP contribution in [0.5, 0.6) is 0 Å². The molecular formula is C7H15O10P. The Morgan fingerprint density at radius 3 is 2.17 bits per heavy atom. The molecule has 1 saturated heterocycles. The Labute approximate surface area is 101 Å². The molecule has 1 aliphatic rings. The first kappa shape index (κ1) is 15.9. The van der Waals surface area contributed by atoms with Crippen LogP contribution < -0.4 is 0 Å². The Bertz CT molecular complexity index is 317. The largest absolute Gasteiger partial charge is 0.469 e. The van der Waals surface area contributed by atoms with Gasteiger partial charge in [0.25, 0.3) is 0 Å². The fourth-order valence-electron chi connectivity index (χ4n) is 1.47. The SMILES string of the molecule is O=P(O)(O)OCC(O)C1OC(O)C(O)C(O)C1O. The zero-order chi connectivity index (χ0) is 14.1. The maximum atomic E-state index is 10.4. The quantitative estimate of drug-likeness (QED) is 0.254. The van der Waals surface area contributed by atoms with Gasteiger partial charge in [-0.25, -0.2) is 4.57 Å². The van der Waals surface area contributed by atoms with Crippen LogP contribution >= 0.6 is 7.82 Å². The van der Waals surface area contributed by atoms with Crippen LogP contribution in [0.15, 0.2) is 0 Å². The van der Waals surface area contributed by atoms with Gasteiger partial charge in [0, 0.05) is 0 Å². The van der Waals surface area contributed by atoms with E-state index in [9.17, 15) is 19.9 Å². The molecule has 7 N–H and O–H groups in total. The molecular weight excluding hydrogens is 275 g/mol. The molecule has 0 amide bonds. The topological polar surface area (TPSA) is 177 Å². The van der Waals surface area contributed by atoms with E-state index >= 15 is 0 Å². The highest BCUT2D eigenvalue weighted by molar-refractivity contribution is 7.46. The van der Waals surface area contributed by atoms with Crippen molar-refractivity contribution < 1.29 is 49.1 Å². The molecule has 1 fully saturated rings. The Kier molecular flexibility index (Phi) is 5.21. The molecule has 1 rings (SSSR count). The fraction of sp³-hybridized carbons (Fsp3) is 1.00. The summed E-state index contributed by atoms with van der Waals surface area (Å²) < 4.78 is 19.0. The van der Waals surface area contributed by atoms with Crippen molar-refractivity contribution in [1.82, 2.24) is 0 Å². The van der Waals surface area contributed by atoms with Crippen LogP contribution in [0.1, 0.15) is 0 Å². The van der Waals surface area contributed by atoms with Gasteiger partial charge in [0.1, 0.15) is 30.5 Å². The minimum atomic E-state index is -4.80. The zero-order valence-electron chi connectivity index (χ0n) is 8.97. The minimum Gasteiger partial charge on any atom is -0.388 e. The maximum Gasteiger partial charge on any atom is 0.469 e. The lowest BCUT2D eigenvalue weighted by Crippen LogP contribution is -2.61. The summed E-state index contributed by atoms with van der Waals surface area (Å²) in [6, 6.07) is 0. The monoisotopic (exact) mass is 290 g/mol. The summed E-state index contributed by atoms with van der Waals surface area (Å²) in [6.45, 7) is -0.887. The predicted molar refractivity (Wildman–Crippen MR) is 52.9 cm³/mol. The van der Waals surface area contributed by atoms with Gasteiger partial charge in [-0.1, -0.05) is 0 Å². The van der Waals surface area contributed by atoms with Gasteiger partial charge in [-0.15, -0.1) is 0 Å². The van der Waals surface area contributed by atoms with Gasteiger partial charge in [0.2, 0.25) is 0 Å². The van der Waals surface area contributed by atoms with Crippen LogP contribution in [0.4, 0.5) is 0 Å². The third-order valence-corrected chi connectivity index (χ3v) is 2.90. The predicted octanol–water partition coefficient (Wildman–Crippen LogP) is -3.74. The average Bonchev–Trinajstić information content (AvgIpc) is 2.27. The van der Waals surface area contributed by atoms with E-state index in [1.807, 2.05) is 0 Å². The molecule has 108 valence electrons. The lowest BCUT2D eigenvalue weighted by atomic mass is 9.96. The zero-order valence-corrected chi connectivity index (χ0v) is 9.87. The number of phosphoric acid groups is 1. The van der Waals surface area contributed by atoms with Crippen molar-refractivity contribution >= 4 is 7.82 Å². The van der Waals surface area contributed by atoms with E-state index in [0.29, 0.717) is 0 Å². The molecule has 0 radical (unpaired) electrons. The second-order valence-electron chi connectivity index (χ2n) is 3.82. The molecule has 0 saturated carbocycles. The van der Waals surface area contributed by atoms with Crippen molar-refractivity contribution in [2.75, 3.05) is 6.61 Å². The number of phosphoric ester groups is 1. The minimum absolute atomic E-state index is 0.887. The van der Waals surface area contributed by atoms with Gasteiger partial charge in [0.15, 0.2) is 6.29 Å². The van der Waals surface area contributed by atoms with E-state index in [2.05, 4.69) is 9.26 Å². The molecule has 10 nitrogen and oxygen atoms in total.